The molecule has 9 heteroatoms. The van der Waals surface area contributed by atoms with Crippen molar-refractivity contribution in [3.8, 4) is 24.2 Å². The number of methoxy groups -OCH3 is 2. The van der Waals surface area contributed by atoms with Gasteiger partial charge < -0.3 is 9.47 Å². The van der Waals surface area contributed by atoms with Crippen LogP contribution in [0.1, 0.15) is 48.5 Å². The first kappa shape index (κ1) is 34.6. The van der Waals surface area contributed by atoms with Gasteiger partial charge in [0.1, 0.15) is 23.3 Å². The minimum Gasteiger partial charge on any atom is -0.465 e. The first-order chi connectivity index (χ1) is 20.4. The van der Waals surface area contributed by atoms with Gasteiger partial charge in [-0.25, -0.2) is 27.2 Å². The molecular formula is C34H25F4IO4. The quantitative estimate of drug-likeness (QED) is 0.0928. The highest BCUT2D eigenvalue weighted by Crippen LogP contribution is 2.15. The van der Waals surface area contributed by atoms with Crippen molar-refractivity contribution >= 4 is 34.5 Å². The van der Waals surface area contributed by atoms with Crippen molar-refractivity contribution < 1.29 is 36.6 Å². The highest BCUT2D eigenvalue weighted by Gasteiger charge is 2.08. The Bertz CT molecular complexity index is 1650. The predicted octanol–water partition coefficient (Wildman–Crippen LogP) is 7.79. The molecule has 0 N–H and O–H groups in total. The van der Waals surface area contributed by atoms with Gasteiger partial charge in [0.15, 0.2) is 0 Å². The van der Waals surface area contributed by atoms with Crippen molar-refractivity contribution in [2.45, 2.75) is 13.8 Å². The zero-order valence-electron chi connectivity index (χ0n) is 23.5. The van der Waals surface area contributed by atoms with Gasteiger partial charge in [0.05, 0.1) is 36.5 Å². The van der Waals surface area contributed by atoms with Crippen molar-refractivity contribution in [3.63, 3.8) is 0 Å². The molecule has 4 aromatic carbocycles. The predicted molar refractivity (Wildman–Crippen MR) is 164 cm³/mol. The number of aryl methyl sites for hydroxylation is 2. The number of hydrogen-bond acceptors (Lipinski definition) is 4. The van der Waals surface area contributed by atoms with Crippen LogP contribution in [0.4, 0.5) is 17.6 Å². The molecule has 0 unspecified atom stereocenters. The lowest BCUT2D eigenvalue weighted by molar-refractivity contribution is 0.0592. The van der Waals surface area contributed by atoms with E-state index in [2.05, 4.69) is 43.9 Å². The van der Waals surface area contributed by atoms with Crippen LogP contribution in [0.25, 0.3) is 0 Å². The summed E-state index contributed by atoms with van der Waals surface area (Å²) in [5, 5.41) is 0. The molecule has 0 radical (unpaired) electrons. The Labute approximate surface area is 261 Å². The average Bonchev–Trinajstić information content (AvgIpc) is 2.97. The van der Waals surface area contributed by atoms with Gasteiger partial charge in [-0.2, -0.15) is 0 Å². The first-order valence-electron chi connectivity index (χ1n) is 12.3. The molecule has 0 aromatic heterocycles. The van der Waals surface area contributed by atoms with E-state index in [1.165, 1.54) is 50.6 Å². The second kappa shape index (κ2) is 16.7. The van der Waals surface area contributed by atoms with Gasteiger partial charge >= 0.3 is 11.9 Å². The normalized spacial score (nSPS) is 9.49. The summed E-state index contributed by atoms with van der Waals surface area (Å²) in [7, 11) is 2.67. The van der Waals surface area contributed by atoms with E-state index in [1.807, 2.05) is 18.1 Å². The number of carbonyl (C=O) groups excluding carboxylic acids is 2. The summed E-state index contributed by atoms with van der Waals surface area (Å²) in [4.78, 5) is 22.2. The summed E-state index contributed by atoms with van der Waals surface area (Å²) in [6.45, 7) is 3.21. The SMILES string of the molecule is C#Cc1c(F)cc(C)cc1F.COC(=O)c1ccc(C#Cc2c(F)cc(C)cc2F)cc1.COC(=O)c1ccc(I)cc1. The van der Waals surface area contributed by atoms with Crippen LogP contribution < -0.4 is 0 Å². The van der Waals surface area contributed by atoms with E-state index in [-0.39, 0.29) is 17.1 Å². The van der Waals surface area contributed by atoms with Gasteiger partial charge in [-0.3, -0.25) is 0 Å². The Morgan fingerprint density at radius 3 is 1.40 bits per heavy atom. The number of rotatable bonds is 2. The van der Waals surface area contributed by atoms with Gasteiger partial charge in [-0.15, -0.1) is 6.42 Å². The Kier molecular flexibility index (Phi) is 13.5. The molecule has 4 rings (SSSR count). The number of ether oxygens (including phenoxy) is 2. The van der Waals surface area contributed by atoms with Crippen molar-refractivity contribution in [2.24, 2.45) is 0 Å². The fourth-order valence-corrected chi connectivity index (χ4v) is 3.66. The maximum Gasteiger partial charge on any atom is 0.337 e. The maximum atomic E-state index is 13.6. The lowest BCUT2D eigenvalue weighted by Crippen LogP contribution is -2.00. The van der Waals surface area contributed by atoms with Crippen LogP contribution in [0.2, 0.25) is 0 Å². The van der Waals surface area contributed by atoms with E-state index in [4.69, 9.17) is 6.42 Å². The van der Waals surface area contributed by atoms with Gasteiger partial charge in [0.25, 0.3) is 0 Å². The van der Waals surface area contributed by atoms with E-state index in [0.717, 1.165) is 3.57 Å². The van der Waals surface area contributed by atoms with E-state index < -0.39 is 29.2 Å². The molecule has 0 aliphatic heterocycles. The topological polar surface area (TPSA) is 52.6 Å². The Hall–Kier alpha value is -4.61. The molecule has 4 nitrogen and oxygen atoms in total. The summed E-state index contributed by atoms with van der Waals surface area (Å²) in [5.74, 6) is 3.60. The lowest BCUT2D eigenvalue weighted by Gasteiger charge is -2.00. The molecule has 220 valence electrons. The minimum atomic E-state index is -0.689. The van der Waals surface area contributed by atoms with Crippen LogP contribution in [0, 0.1) is 64.9 Å². The standard InChI is InChI=1S/C17H12F2O2.C9H6F2.C8H7IO2/c1-11-9-15(18)14(16(19)10-11)8-5-12-3-6-13(7-4-12)17(20)21-2;1-3-7-8(10)4-6(2)5-9(7)11;1-11-8(10)6-2-4-7(9)5-3-6/h3-4,6-7,9-10H,1-2H3;1,4-5H,2H3;2-5H,1H3. The summed E-state index contributed by atoms with van der Waals surface area (Å²) >= 11 is 2.18. The average molecular weight is 700 g/mol. The summed E-state index contributed by atoms with van der Waals surface area (Å²) in [6.07, 6.45) is 4.87. The Morgan fingerprint density at radius 2 is 1.02 bits per heavy atom. The molecule has 0 heterocycles. The van der Waals surface area contributed by atoms with E-state index in [0.29, 0.717) is 27.8 Å². The Morgan fingerprint density at radius 1 is 0.651 bits per heavy atom. The van der Waals surface area contributed by atoms with Gasteiger partial charge in [0, 0.05) is 9.13 Å². The van der Waals surface area contributed by atoms with E-state index >= 15 is 0 Å². The monoisotopic (exact) mass is 700 g/mol. The third-order valence-electron chi connectivity index (χ3n) is 5.42. The summed E-state index contributed by atoms with van der Waals surface area (Å²) < 4.78 is 62.9. The van der Waals surface area contributed by atoms with Gasteiger partial charge in [-0.1, -0.05) is 17.8 Å². The highest BCUT2D eigenvalue weighted by molar-refractivity contribution is 14.1. The number of benzene rings is 4. The number of halogens is 5. The van der Waals surface area contributed by atoms with Crippen molar-refractivity contribution in [1.29, 1.82) is 0 Å². The highest BCUT2D eigenvalue weighted by atomic mass is 127. The zero-order valence-corrected chi connectivity index (χ0v) is 25.7. The van der Waals surface area contributed by atoms with E-state index in [1.54, 1.807) is 38.1 Å². The van der Waals surface area contributed by atoms with E-state index in [9.17, 15) is 27.2 Å². The molecule has 0 amide bonds. The minimum absolute atomic E-state index is 0.266. The molecule has 0 atom stereocenters. The molecule has 0 saturated carbocycles. The van der Waals surface area contributed by atoms with Crippen LogP contribution in [-0.4, -0.2) is 26.2 Å². The fraction of sp³-hybridized carbons (Fsp3) is 0.118. The maximum absolute atomic E-state index is 13.6. The summed E-state index contributed by atoms with van der Waals surface area (Å²) in [6, 6.07) is 18.3. The lowest BCUT2D eigenvalue weighted by atomic mass is 10.1. The molecule has 4 aromatic rings. The smallest absolute Gasteiger partial charge is 0.337 e. The molecule has 0 saturated heterocycles. The Balaban J connectivity index is 0.000000247. The largest absolute Gasteiger partial charge is 0.465 e. The van der Waals surface area contributed by atoms with Crippen LogP contribution in [0.5, 0.6) is 0 Å². The molecular weight excluding hydrogens is 675 g/mol. The molecule has 0 fully saturated rings. The van der Waals surface area contributed by atoms with Crippen molar-refractivity contribution in [2.75, 3.05) is 14.2 Å². The first-order valence-corrected chi connectivity index (χ1v) is 13.4. The number of esters is 2. The number of carbonyl (C=O) groups is 2. The summed E-state index contributed by atoms with van der Waals surface area (Å²) in [5.41, 5.74) is 1.98. The van der Waals surface area contributed by atoms with Crippen molar-refractivity contribution in [3.05, 3.63) is 139 Å². The van der Waals surface area contributed by atoms with Crippen LogP contribution in [0.3, 0.4) is 0 Å². The molecule has 0 bridgehead atoms. The molecule has 0 spiro atoms. The second-order valence-corrected chi connectivity index (χ2v) is 9.91. The zero-order chi connectivity index (χ0) is 32.1. The number of terminal acetylenes is 1. The van der Waals surface area contributed by atoms with Crippen LogP contribution in [-0.2, 0) is 9.47 Å². The van der Waals surface area contributed by atoms with Crippen molar-refractivity contribution in [1.82, 2.24) is 0 Å². The second-order valence-electron chi connectivity index (χ2n) is 8.67. The molecule has 0 aliphatic rings. The van der Waals surface area contributed by atoms with Gasteiger partial charge in [-0.05, 0) is 120 Å². The third kappa shape index (κ3) is 10.6. The fourth-order valence-electron chi connectivity index (χ4n) is 3.30. The molecule has 43 heavy (non-hydrogen) atoms. The number of hydrogen-bond donors (Lipinski definition) is 0. The molecule has 0 aliphatic carbocycles. The van der Waals surface area contributed by atoms with Crippen LogP contribution >= 0.6 is 22.6 Å². The van der Waals surface area contributed by atoms with Crippen LogP contribution in [0.15, 0.2) is 72.8 Å². The third-order valence-corrected chi connectivity index (χ3v) is 6.14. The van der Waals surface area contributed by atoms with Gasteiger partial charge in [0.2, 0.25) is 0 Å².